The Morgan fingerprint density at radius 1 is 1.19 bits per heavy atom. The molecule has 7 heteroatoms. The quantitative estimate of drug-likeness (QED) is 0.395. The van der Waals surface area contributed by atoms with E-state index in [1.807, 2.05) is 0 Å². The monoisotopic (exact) mass is 413 g/mol. The number of carbonyl (C=O) groups is 1. The van der Waals surface area contributed by atoms with Crippen molar-refractivity contribution in [3.8, 4) is 11.5 Å². The molecular formula is C14H9Br2NO4. The van der Waals surface area contributed by atoms with E-state index >= 15 is 0 Å². The standard InChI is InChI=1S/C14H9Br2NO4/c1-8(18)9-5-6-12(10(15)7-9)21-13-4-2-3-11(14(13)16)17(19)20/h2-7H,1H3. The van der Waals surface area contributed by atoms with Crippen molar-refractivity contribution < 1.29 is 14.5 Å². The average molecular weight is 415 g/mol. The molecule has 0 atom stereocenters. The van der Waals surface area contributed by atoms with E-state index in [4.69, 9.17) is 4.74 Å². The molecule has 2 aromatic carbocycles. The molecule has 5 nitrogen and oxygen atoms in total. The van der Waals surface area contributed by atoms with Gasteiger partial charge >= 0.3 is 0 Å². The molecule has 2 aromatic rings. The van der Waals surface area contributed by atoms with Crippen molar-refractivity contribution >= 4 is 43.3 Å². The fourth-order valence-electron chi connectivity index (χ4n) is 1.64. The highest BCUT2D eigenvalue weighted by Crippen LogP contribution is 2.38. The van der Waals surface area contributed by atoms with Crippen LogP contribution in [0.3, 0.4) is 0 Å². The van der Waals surface area contributed by atoms with Crippen LogP contribution < -0.4 is 4.74 Å². The van der Waals surface area contributed by atoms with Crippen LogP contribution in [0.2, 0.25) is 0 Å². The Morgan fingerprint density at radius 2 is 1.90 bits per heavy atom. The minimum atomic E-state index is -0.495. The van der Waals surface area contributed by atoms with Gasteiger partial charge in [0.05, 0.1) is 9.40 Å². The molecule has 0 spiro atoms. The number of rotatable bonds is 4. The summed E-state index contributed by atoms with van der Waals surface area (Å²) in [6.45, 7) is 1.47. The lowest BCUT2D eigenvalue weighted by Crippen LogP contribution is -1.95. The van der Waals surface area contributed by atoms with Gasteiger partial charge in [-0.1, -0.05) is 6.07 Å². The Labute approximate surface area is 137 Å². The number of Topliss-reactive ketones (excluding diaryl/α,β-unsaturated/α-hetero) is 1. The maximum Gasteiger partial charge on any atom is 0.287 e. The van der Waals surface area contributed by atoms with Crippen LogP contribution in [-0.2, 0) is 0 Å². The number of hydrogen-bond donors (Lipinski definition) is 0. The second kappa shape index (κ2) is 6.36. The first-order chi connectivity index (χ1) is 9.90. The first kappa shape index (κ1) is 15.7. The molecule has 108 valence electrons. The number of benzene rings is 2. The molecule has 0 aliphatic rings. The molecule has 0 fully saturated rings. The van der Waals surface area contributed by atoms with E-state index in [0.717, 1.165) is 0 Å². The molecule has 0 saturated carbocycles. The second-order valence-corrected chi connectivity index (χ2v) is 5.80. The smallest absolute Gasteiger partial charge is 0.287 e. The molecule has 0 aliphatic heterocycles. The summed E-state index contributed by atoms with van der Waals surface area (Å²) >= 11 is 6.48. The van der Waals surface area contributed by atoms with Gasteiger partial charge in [0.2, 0.25) is 0 Å². The van der Waals surface area contributed by atoms with Gasteiger partial charge in [0.25, 0.3) is 5.69 Å². The zero-order valence-electron chi connectivity index (χ0n) is 10.8. The van der Waals surface area contributed by atoms with Crippen LogP contribution in [0.4, 0.5) is 5.69 Å². The van der Waals surface area contributed by atoms with E-state index in [1.165, 1.54) is 19.1 Å². The van der Waals surface area contributed by atoms with Crippen LogP contribution in [0.5, 0.6) is 11.5 Å². The van der Waals surface area contributed by atoms with Gasteiger partial charge in [0.1, 0.15) is 16.0 Å². The van der Waals surface area contributed by atoms with Gasteiger partial charge in [-0.05, 0) is 63.0 Å². The fraction of sp³-hybridized carbons (Fsp3) is 0.0714. The number of nitro groups is 1. The third-order valence-corrected chi connectivity index (χ3v) is 4.11. The van der Waals surface area contributed by atoms with E-state index in [9.17, 15) is 14.9 Å². The summed E-state index contributed by atoms with van der Waals surface area (Å²) in [5, 5.41) is 10.9. The SMILES string of the molecule is CC(=O)c1ccc(Oc2cccc([N+](=O)[O-])c2Br)c(Br)c1. The summed E-state index contributed by atoms with van der Waals surface area (Å²) in [7, 11) is 0. The number of ether oxygens (including phenoxy) is 1. The molecule has 0 N–H and O–H groups in total. The molecule has 0 aliphatic carbocycles. The summed E-state index contributed by atoms with van der Waals surface area (Å²) in [5.41, 5.74) is 0.469. The lowest BCUT2D eigenvalue weighted by Gasteiger charge is -2.10. The van der Waals surface area contributed by atoms with Crippen molar-refractivity contribution in [3.63, 3.8) is 0 Å². The molecule has 21 heavy (non-hydrogen) atoms. The van der Waals surface area contributed by atoms with Gasteiger partial charge in [-0.3, -0.25) is 14.9 Å². The van der Waals surface area contributed by atoms with Crippen LogP contribution in [-0.4, -0.2) is 10.7 Å². The summed E-state index contributed by atoms with van der Waals surface area (Å²) in [6.07, 6.45) is 0. The van der Waals surface area contributed by atoms with Crippen molar-refractivity contribution in [1.82, 2.24) is 0 Å². The summed E-state index contributed by atoms with van der Waals surface area (Å²) in [6, 6.07) is 9.44. The van der Waals surface area contributed by atoms with Gasteiger partial charge in [-0.2, -0.15) is 0 Å². The zero-order chi connectivity index (χ0) is 15.6. The highest BCUT2D eigenvalue weighted by atomic mass is 79.9. The predicted octanol–water partition coefficient (Wildman–Crippen LogP) is 5.11. The molecule has 0 amide bonds. The van der Waals surface area contributed by atoms with E-state index < -0.39 is 4.92 Å². The summed E-state index contributed by atoms with van der Waals surface area (Å²) in [4.78, 5) is 21.7. The van der Waals surface area contributed by atoms with Crippen molar-refractivity contribution in [2.75, 3.05) is 0 Å². The predicted molar refractivity (Wildman–Crippen MR) is 85.0 cm³/mol. The fourth-order valence-corrected chi connectivity index (χ4v) is 2.59. The second-order valence-electron chi connectivity index (χ2n) is 4.15. The van der Waals surface area contributed by atoms with Gasteiger partial charge in [-0.15, -0.1) is 0 Å². The Balaban J connectivity index is 2.37. The molecule has 0 unspecified atom stereocenters. The topological polar surface area (TPSA) is 69.4 Å². The Hall–Kier alpha value is -1.73. The number of nitrogens with zero attached hydrogens (tertiary/aromatic N) is 1. The molecule has 0 saturated heterocycles. The van der Waals surface area contributed by atoms with E-state index in [2.05, 4.69) is 31.9 Å². The highest BCUT2D eigenvalue weighted by molar-refractivity contribution is 9.11. The molecule has 0 heterocycles. The summed E-state index contributed by atoms with van der Waals surface area (Å²) in [5.74, 6) is 0.723. The molecule has 0 bridgehead atoms. The van der Waals surface area contributed by atoms with Crippen LogP contribution in [0.1, 0.15) is 17.3 Å². The maximum atomic E-state index is 11.3. The lowest BCUT2D eigenvalue weighted by molar-refractivity contribution is -0.385. The summed E-state index contributed by atoms with van der Waals surface area (Å²) < 4.78 is 6.51. The van der Waals surface area contributed by atoms with Crippen LogP contribution >= 0.6 is 31.9 Å². The first-order valence-electron chi connectivity index (χ1n) is 5.81. The third-order valence-electron chi connectivity index (χ3n) is 2.70. The molecule has 0 radical (unpaired) electrons. The number of hydrogen-bond acceptors (Lipinski definition) is 4. The third kappa shape index (κ3) is 3.48. The molecular weight excluding hydrogens is 406 g/mol. The minimum Gasteiger partial charge on any atom is -0.455 e. The van der Waals surface area contributed by atoms with Gasteiger partial charge in [0.15, 0.2) is 5.78 Å². The Bertz CT molecular complexity index is 731. The highest BCUT2D eigenvalue weighted by Gasteiger charge is 2.17. The van der Waals surface area contributed by atoms with Crippen LogP contribution in [0.25, 0.3) is 0 Å². The van der Waals surface area contributed by atoms with Crippen molar-refractivity contribution in [3.05, 3.63) is 61.0 Å². The molecule has 0 aromatic heterocycles. The molecule has 2 rings (SSSR count). The normalized spacial score (nSPS) is 10.2. The van der Waals surface area contributed by atoms with Gasteiger partial charge < -0.3 is 4.74 Å². The number of halogens is 2. The van der Waals surface area contributed by atoms with Crippen molar-refractivity contribution in [2.45, 2.75) is 6.92 Å². The zero-order valence-corrected chi connectivity index (χ0v) is 14.0. The number of carbonyl (C=O) groups excluding carboxylic acids is 1. The van der Waals surface area contributed by atoms with E-state index in [-0.39, 0.29) is 15.9 Å². The van der Waals surface area contributed by atoms with Gasteiger partial charge in [-0.25, -0.2) is 0 Å². The first-order valence-corrected chi connectivity index (χ1v) is 7.40. The largest absolute Gasteiger partial charge is 0.455 e. The van der Waals surface area contributed by atoms with Crippen molar-refractivity contribution in [2.24, 2.45) is 0 Å². The maximum absolute atomic E-state index is 11.3. The Kier molecular flexibility index (Phi) is 4.74. The van der Waals surface area contributed by atoms with Crippen molar-refractivity contribution in [1.29, 1.82) is 0 Å². The average Bonchev–Trinajstić information content (AvgIpc) is 2.42. The van der Waals surface area contributed by atoms with Crippen LogP contribution in [0, 0.1) is 10.1 Å². The number of ketones is 1. The Morgan fingerprint density at radius 3 is 2.48 bits per heavy atom. The van der Waals surface area contributed by atoms with Gasteiger partial charge in [0, 0.05) is 11.6 Å². The minimum absolute atomic E-state index is 0.0567. The van der Waals surface area contributed by atoms with Crippen LogP contribution in [0.15, 0.2) is 45.3 Å². The van der Waals surface area contributed by atoms with E-state index in [1.54, 1.807) is 24.3 Å². The lowest BCUT2D eigenvalue weighted by atomic mass is 10.1. The number of nitro benzene ring substituents is 1. The van der Waals surface area contributed by atoms with E-state index in [0.29, 0.717) is 21.5 Å².